The van der Waals surface area contributed by atoms with Crippen LogP contribution in [0.3, 0.4) is 0 Å². The fourth-order valence-electron chi connectivity index (χ4n) is 1.87. The molecular weight excluding hydrogens is 272 g/mol. The van der Waals surface area contributed by atoms with Crippen molar-refractivity contribution in [2.45, 2.75) is 26.5 Å². The fraction of sp³-hybridized carbons (Fsp3) is 0.250. The van der Waals surface area contributed by atoms with Gasteiger partial charge in [0.25, 0.3) is 0 Å². The number of anilines is 2. The van der Waals surface area contributed by atoms with Crippen LogP contribution in [0.2, 0.25) is 5.02 Å². The zero-order valence-electron chi connectivity index (χ0n) is 11.7. The Hall–Kier alpha value is -1.87. The van der Waals surface area contributed by atoms with Crippen LogP contribution < -0.4 is 15.8 Å². The van der Waals surface area contributed by atoms with Gasteiger partial charge in [-0.25, -0.2) is 0 Å². The standard InChI is InChI=1S/C16H19ClN2O/c1-11(2)20-16-8-14(18)7-15(9-16)19-10-12-3-5-13(17)6-4-12/h3-9,11,19H,10,18H2,1-2H3. The molecule has 0 spiro atoms. The van der Waals surface area contributed by atoms with Gasteiger partial charge < -0.3 is 15.8 Å². The second-order valence-corrected chi connectivity index (χ2v) is 5.37. The summed E-state index contributed by atoms with van der Waals surface area (Å²) < 4.78 is 5.67. The van der Waals surface area contributed by atoms with E-state index in [0.717, 1.165) is 22.0 Å². The summed E-state index contributed by atoms with van der Waals surface area (Å²) in [5, 5.41) is 4.07. The Kier molecular flexibility index (Phi) is 4.74. The Morgan fingerprint density at radius 1 is 1.15 bits per heavy atom. The molecule has 0 aromatic heterocycles. The number of nitrogens with two attached hydrogens (primary N) is 1. The lowest BCUT2D eigenvalue weighted by Crippen LogP contribution is -2.07. The Balaban J connectivity index is 2.05. The highest BCUT2D eigenvalue weighted by atomic mass is 35.5. The Bertz CT molecular complexity index is 567. The molecule has 20 heavy (non-hydrogen) atoms. The maximum absolute atomic E-state index is 5.89. The third-order valence-electron chi connectivity index (χ3n) is 2.71. The third kappa shape index (κ3) is 4.35. The molecule has 2 aromatic carbocycles. The Morgan fingerprint density at radius 2 is 1.85 bits per heavy atom. The van der Waals surface area contributed by atoms with Crippen LogP contribution in [-0.2, 0) is 6.54 Å². The van der Waals surface area contributed by atoms with E-state index in [1.807, 2.05) is 56.3 Å². The van der Waals surface area contributed by atoms with Gasteiger partial charge in [-0.3, -0.25) is 0 Å². The molecule has 4 heteroatoms. The van der Waals surface area contributed by atoms with E-state index in [1.165, 1.54) is 0 Å². The minimum atomic E-state index is 0.126. The van der Waals surface area contributed by atoms with Gasteiger partial charge in [-0.05, 0) is 37.6 Å². The first-order valence-electron chi connectivity index (χ1n) is 6.58. The van der Waals surface area contributed by atoms with Gasteiger partial charge in [0.05, 0.1) is 6.10 Å². The molecule has 0 saturated carbocycles. The molecule has 0 fully saturated rings. The van der Waals surface area contributed by atoms with E-state index >= 15 is 0 Å². The molecule has 0 aliphatic carbocycles. The zero-order valence-corrected chi connectivity index (χ0v) is 12.4. The van der Waals surface area contributed by atoms with Crippen molar-refractivity contribution in [3.63, 3.8) is 0 Å². The molecule has 0 atom stereocenters. The molecule has 0 unspecified atom stereocenters. The van der Waals surface area contributed by atoms with Crippen molar-refractivity contribution < 1.29 is 4.74 Å². The Labute approximate surface area is 124 Å². The van der Waals surface area contributed by atoms with Gasteiger partial charge in [-0.2, -0.15) is 0 Å². The van der Waals surface area contributed by atoms with Crippen molar-refractivity contribution in [3.8, 4) is 5.75 Å². The van der Waals surface area contributed by atoms with Crippen LogP contribution >= 0.6 is 11.6 Å². The zero-order chi connectivity index (χ0) is 14.5. The summed E-state index contributed by atoms with van der Waals surface area (Å²) >= 11 is 5.87. The van der Waals surface area contributed by atoms with E-state index in [4.69, 9.17) is 22.1 Å². The Morgan fingerprint density at radius 3 is 2.50 bits per heavy atom. The van der Waals surface area contributed by atoms with Crippen LogP contribution in [0.1, 0.15) is 19.4 Å². The first-order chi connectivity index (χ1) is 9.52. The van der Waals surface area contributed by atoms with Gasteiger partial charge in [-0.15, -0.1) is 0 Å². The lowest BCUT2D eigenvalue weighted by Gasteiger charge is -2.13. The summed E-state index contributed by atoms with van der Waals surface area (Å²) in [6, 6.07) is 13.4. The molecule has 2 aromatic rings. The highest BCUT2D eigenvalue weighted by Crippen LogP contribution is 2.24. The topological polar surface area (TPSA) is 47.3 Å². The molecule has 0 radical (unpaired) electrons. The largest absolute Gasteiger partial charge is 0.491 e. The molecule has 3 nitrogen and oxygen atoms in total. The SMILES string of the molecule is CC(C)Oc1cc(N)cc(NCc2ccc(Cl)cc2)c1. The van der Waals surface area contributed by atoms with E-state index in [0.29, 0.717) is 12.2 Å². The second-order valence-electron chi connectivity index (χ2n) is 4.94. The quantitative estimate of drug-likeness (QED) is 0.806. The van der Waals surface area contributed by atoms with Crippen LogP contribution in [0.4, 0.5) is 11.4 Å². The van der Waals surface area contributed by atoms with E-state index in [-0.39, 0.29) is 6.10 Å². The smallest absolute Gasteiger partial charge is 0.123 e. The summed E-state index contributed by atoms with van der Waals surface area (Å²) in [6.45, 7) is 4.69. The lowest BCUT2D eigenvalue weighted by molar-refractivity contribution is 0.242. The maximum Gasteiger partial charge on any atom is 0.123 e. The van der Waals surface area contributed by atoms with Gasteiger partial charge in [0.1, 0.15) is 5.75 Å². The molecule has 3 N–H and O–H groups in total. The first-order valence-corrected chi connectivity index (χ1v) is 6.96. The molecule has 0 amide bonds. The number of halogens is 1. The molecule has 0 aliphatic heterocycles. The van der Waals surface area contributed by atoms with Crippen molar-refractivity contribution in [2.75, 3.05) is 11.1 Å². The fourth-order valence-corrected chi connectivity index (χ4v) is 2.00. The van der Waals surface area contributed by atoms with E-state index in [1.54, 1.807) is 0 Å². The molecule has 0 heterocycles. The molecule has 0 bridgehead atoms. The van der Waals surface area contributed by atoms with Crippen LogP contribution in [0.5, 0.6) is 5.75 Å². The summed E-state index contributed by atoms with van der Waals surface area (Å²) in [5.41, 5.74) is 8.66. The minimum absolute atomic E-state index is 0.126. The summed E-state index contributed by atoms with van der Waals surface area (Å²) in [4.78, 5) is 0. The van der Waals surface area contributed by atoms with E-state index in [2.05, 4.69) is 5.32 Å². The third-order valence-corrected chi connectivity index (χ3v) is 2.96. The van der Waals surface area contributed by atoms with Gasteiger partial charge in [0.2, 0.25) is 0 Å². The summed E-state index contributed by atoms with van der Waals surface area (Å²) in [6.07, 6.45) is 0.126. The van der Waals surface area contributed by atoms with Crippen molar-refractivity contribution in [3.05, 3.63) is 53.1 Å². The number of hydrogen-bond acceptors (Lipinski definition) is 3. The summed E-state index contributed by atoms with van der Waals surface area (Å²) in [5.74, 6) is 0.776. The van der Waals surface area contributed by atoms with Crippen LogP contribution in [0.15, 0.2) is 42.5 Å². The number of rotatable bonds is 5. The van der Waals surface area contributed by atoms with Crippen molar-refractivity contribution in [1.82, 2.24) is 0 Å². The lowest BCUT2D eigenvalue weighted by atomic mass is 10.2. The highest BCUT2D eigenvalue weighted by molar-refractivity contribution is 6.30. The number of benzene rings is 2. The van der Waals surface area contributed by atoms with Crippen molar-refractivity contribution >= 4 is 23.0 Å². The average molecular weight is 291 g/mol. The number of ether oxygens (including phenoxy) is 1. The molecular formula is C16H19ClN2O. The van der Waals surface area contributed by atoms with E-state index in [9.17, 15) is 0 Å². The van der Waals surface area contributed by atoms with Gasteiger partial charge in [-0.1, -0.05) is 23.7 Å². The average Bonchev–Trinajstić information content (AvgIpc) is 2.36. The van der Waals surface area contributed by atoms with Crippen molar-refractivity contribution in [1.29, 1.82) is 0 Å². The van der Waals surface area contributed by atoms with Gasteiger partial charge in [0.15, 0.2) is 0 Å². The molecule has 106 valence electrons. The summed E-state index contributed by atoms with van der Waals surface area (Å²) in [7, 11) is 0. The molecule has 0 saturated heterocycles. The first kappa shape index (κ1) is 14.5. The molecule has 2 rings (SSSR count). The normalized spacial score (nSPS) is 10.6. The number of nitrogens with one attached hydrogen (secondary N) is 1. The maximum atomic E-state index is 5.89. The van der Waals surface area contributed by atoms with Gasteiger partial charge in [0, 0.05) is 35.1 Å². The van der Waals surface area contributed by atoms with Crippen LogP contribution in [0.25, 0.3) is 0 Å². The number of hydrogen-bond donors (Lipinski definition) is 2. The van der Waals surface area contributed by atoms with Crippen molar-refractivity contribution in [2.24, 2.45) is 0 Å². The minimum Gasteiger partial charge on any atom is -0.491 e. The van der Waals surface area contributed by atoms with Gasteiger partial charge >= 0.3 is 0 Å². The predicted octanol–water partition coefficient (Wildman–Crippen LogP) is 4.32. The van der Waals surface area contributed by atoms with E-state index < -0.39 is 0 Å². The number of nitrogen functional groups attached to an aromatic ring is 1. The monoisotopic (exact) mass is 290 g/mol. The second kappa shape index (κ2) is 6.53. The molecule has 0 aliphatic rings. The highest BCUT2D eigenvalue weighted by Gasteiger charge is 2.02. The predicted molar refractivity (Wildman–Crippen MR) is 85.4 cm³/mol. The van der Waals surface area contributed by atoms with Crippen LogP contribution in [0, 0.1) is 0 Å². The van der Waals surface area contributed by atoms with Crippen LogP contribution in [-0.4, -0.2) is 6.10 Å².